The molecule has 0 aromatic carbocycles. The zero-order valence-corrected chi connectivity index (χ0v) is 20.3. The standard InChI is InChI=1S/C24H23FN6O2S2/c25-18-5-6-19(14-8-10-34-13-14)30-20(18)12-27-15-1-3-16(4-2-15)28-23-26-9-7-17(29-23)11-21-22(32)31-24(33)35-21/h5-11,13,15-16,27H,1-4,12H2,(H,26,28,29)(H,31,32,33)/b21-11-. The number of thioether (sulfide) groups is 1. The number of thiophene rings is 1. The van der Waals surface area contributed by atoms with Gasteiger partial charge in [0.15, 0.2) is 0 Å². The van der Waals surface area contributed by atoms with Gasteiger partial charge in [-0.3, -0.25) is 14.9 Å². The topological polar surface area (TPSA) is 109 Å². The lowest BCUT2D eigenvalue weighted by Gasteiger charge is -2.29. The van der Waals surface area contributed by atoms with Gasteiger partial charge in [-0.2, -0.15) is 11.3 Å². The molecule has 35 heavy (non-hydrogen) atoms. The van der Waals surface area contributed by atoms with E-state index in [2.05, 4.69) is 30.9 Å². The molecule has 0 bridgehead atoms. The fourth-order valence-corrected chi connectivity index (χ4v) is 5.44. The van der Waals surface area contributed by atoms with Crippen LogP contribution in [0, 0.1) is 5.82 Å². The summed E-state index contributed by atoms with van der Waals surface area (Å²) in [7, 11) is 0. The molecule has 0 atom stereocenters. The van der Waals surface area contributed by atoms with Gasteiger partial charge in [-0.15, -0.1) is 0 Å². The van der Waals surface area contributed by atoms with Crippen molar-refractivity contribution in [2.24, 2.45) is 0 Å². The first-order valence-electron chi connectivity index (χ1n) is 11.3. The molecule has 2 amide bonds. The minimum Gasteiger partial charge on any atom is -0.351 e. The third-order valence-electron chi connectivity index (χ3n) is 5.95. The molecular weight excluding hydrogens is 487 g/mol. The fourth-order valence-electron chi connectivity index (χ4n) is 4.12. The van der Waals surface area contributed by atoms with E-state index in [1.54, 1.807) is 35.7 Å². The Kier molecular flexibility index (Phi) is 7.16. The number of carbonyl (C=O) groups excluding carboxylic acids is 2. The Hall–Kier alpha value is -3.15. The number of nitrogens with zero attached hydrogens (tertiary/aromatic N) is 3. The molecule has 3 N–H and O–H groups in total. The molecule has 0 unspecified atom stereocenters. The molecule has 8 nitrogen and oxygen atoms in total. The number of rotatable bonds is 7. The van der Waals surface area contributed by atoms with Crippen LogP contribution in [0.15, 0.2) is 46.1 Å². The molecule has 0 spiro atoms. The highest BCUT2D eigenvalue weighted by Crippen LogP contribution is 2.26. The van der Waals surface area contributed by atoms with Crippen LogP contribution in [0.3, 0.4) is 0 Å². The summed E-state index contributed by atoms with van der Waals surface area (Å²) in [6, 6.07) is 7.38. The Morgan fingerprint density at radius 3 is 2.66 bits per heavy atom. The van der Waals surface area contributed by atoms with Gasteiger partial charge in [0.2, 0.25) is 5.95 Å². The van der Waals surface area contributed by atoms with E-state index in [4.69, 9.17) is 0 Å². The van der Waals surface area contributed by atoms with Gasteiger partial charge in [0.1, 0.15) is 5.82 Å². The maximum atomic E-state index is 14.3. The minimum atomic E-state index is -0.410. The zero-order valence-electron chi connectivity index (χ0n) is 18.7. The van der Waals surface area contributed by atoms with Crippen molar-refractivity contribution in [2.45, 2.75) is 44.3 Å². The van der Waals surface area contributed by atoms with Crippen LogP contribution in [0.5, 0.6) is 0 Å². The summed E-state index contributed by atoms with van der Waals surface area (Å²) in [4.78, 5) is 36.7. The summed E-state index contributed by atoms with van der Waals surface area (Å²) in [6.07, 6.45) is 6.92. The number of hydrogen-bond acceptors (Lipinski definition) is 9. The predicted molar refractivity (Wildman–Crippen MR) is 135 cm³/mol. The molecule has 2 aliphatic rings. The highest BCUT2D eigenvalue weighted by molar-refractivity contribution is 8.18. The van der Waals surface area contributed by atoms with Gasteiger partial charge in [0, 0.05) is 35.8 Å². The van der Waals surface area contributed by atoms with Gasteiger partial charge in [0.05, 0.1) is 22.0 Å². The first-order chi connectivity index (χ1) is 17.0. The second-order valence-electron chi connectivity index (χ2n) is 8.37. The van der Waals surface area contributed by atoms with Crippen molar-refractivity contribution in [1.82, 2.24) is 25.6 Å². The minimum absolute atomic E-state index is 0.221. The Morgan fingerprint density at radius 1 is 1.09 bits per heavy atom. The molecule has 1 aliphatic carbocycles. The molecule has 0 radical (unpaired) electrons. The number of nitrogens with one attached hydrogen (secondary N) is 3. The highest BCUT2D eigenvalue weighted by Gasteiger charge is 2.25. The Labute approximate surface area is 209 Å². The summed E-state index contributed by atoms with van der Waals surface area (Å²) >= 11 is 2.45. The molecule has 3 aromatic heterocycles. The third-order valence-corrected chi connectivity index (χ3v) is 7.45. The maximum Gasteiger partial charge on any atom is 0.290 e. The normalized spacial score (nSPS) is 21.3. The van der Waals surface area contributed by atoms with E-state index in [0.29, 0.717) is 28.8 Å². The Bertz CT molecular complexity index is 1260. The van der Waals surface area contributed by atoms with Crippen molar-refractivity contribution in [1.29, 1.82) is 0 Å². The number of pyridine rings is 1. The highest BCUT2D eigenvalue weighted by atomic mass is 32.2. The molecule has 1 aliphatic heterocycles. The van der Waals surface area contributed by atoms with Crippen LogP contribution in [0.4, 0.5) is 15.1 Å². The van der Waals surface area contributed by atoms with Crippen molar-refractivity contribution in [3.63, 3.8) is 0 Å². The molecule has 1 saturated carbocycles. The second-order valence-corrected chi connectivity index (χ2v) is 10.2. The van der Waals surface area contributed by atoms with E-state index >= 15 is 0 Å². The lowest BCUT2D eigenvalue weighted by Crippen LogP contribution is -2.37. The Morgan fingerprint density at radius 2 is 1.91 bits per heavy atom. The summed E-state index contributed by atoms with van der Waals surface area (Å²) in [5.41, 5.74) is 2.78. The largest absolute Gasteiger partial charge is 0.351 e. The molecule has 11 heteroatoms. The molecule has 2 fully saturated rings. The van der Waals surface area contributed by atoms with Crippen molar-refractivity contribution in [3.05, 3.63) is 63.3 Å². The SMILES string of the molecule is O=C1NC(=O)/C(=C/c2ccnc(NC3CCC(NCc4nc(-c5ccsc5)ccc4F)CC3)n2)S1. The second kappa shape index (κ2) is 10.6. The van der Waals surface area contributed by atoms with Crippen molar-refractivity contribution in [3.8, 4) is 11.3 Å². The van der Waals surface area contributed by atoms with Crippen LogP contribution in [-0.4, -0.2) is 38.2 Å². The monoisotopic (exact) mass is 510 g/mol. The summed E-state index contributed by atoms with van der Waals surface area (Å²) in [5.74, 6) is -0.217. The summed E-state index contributed by atoms with van der Waals surface area (Å²) in [6.45, 7) is 0.389. The van der Waals surface area contributed by atoms with Gasteiger partial charge in [0.25, 0.3) is 11.1 Å². The average Bonchev–Trinajstić information content (AvgIpc) is 3.49. The van der Waals surface area contributed by atoms with Gasteiger partial charge in [-0.05, 0) is 73.2 Å². The van der Waals surface area contributed by atoms with Crippen molar-refractivity contribution < 1.29 is 14.0 Å². The summed E-state index contributed by atoms with van der Waals surface area (Å²) in [5, 5.41) is 12.7. The van der Waals surface area contributed by atoms with E-state index < -0.39 is 5.91 Å². The predicted octanol–water partition coefficient (Wildman–Crippen LogP) is 4.58. The van der Waals surface area contributed by atoms with Gasteiger partial charge in [-0.1, -0.05) is 0 Å². The lowest BCUT2D eigenvalue weighted by molar-refractivity contribution is -0.115. The van der Waals surface area contributed by atoms with Gasteiger partial charge in [-0.25, -0.2) is 19.3 Å². The molecule has 180 valence electrons. The molecular formula is C24H23FN6O2S2. The van der Waals surface area contributed by atoms with E-state index in [1.807, 2.05) is 16.8 Å². The summed E-state index contributed by atoms with van der Waals surface area (Å²) < 4.78 is 14.3. The van der Waals surface area contributed by atoms with E-state index in [0.717, 1.165) is 48.7 Å². The van der Waals surface area contributed by atoms with Crippen LogP contribution in [0.1, 0.15) is 37.1 Å². The number of aromatic nitrogens is 3. The smallest absolute Gasteiger partial charge is 0.290 e. The first kappa shape index (κ1) is 23.6. The number of hydrogen-bond donors (Lipinski definition) is 3. The van der Waals surface area contributed by atoms with Gasteiger partial charge >= 0.3 is 0 Å². The van der Waals surface area contributed by atoms with E-state index in [9.17, 15) is 14.0 Å². The number of anilines is 1. The quantitative estimate of drug-likeness (QED) is 0.397. The van der Waals surface area contributed by atoms with Gasteiger partial charge < -0.3 is 10.6 Å². The maximum absolute atomic E-state index is 14.3. The number of imide groups is 1. The van der Waals surface area contributed by atoms with Crippen molar-refractivity contribution in [2.75, 3.05) is 5.32 Å². The van der Waals surface area contributed by atoms with E-state index in [1.165, 1.54) is 6.07 Å². The Balaban J connectivity index is 1.13. The molecule has 1 saturated heterocycles. The number of carbonyl (C=O) groups is 2. The lowest BCUT2D eigenvalue weighted by atomic mass is 9.91. The number of halogens is 1. The molecule has 5 rings (SSSR count). The van der Waals surface area contributed by atoms with Crippen LogP contribution in [-0.2, 0) is 11.3 Å². The van der Waals surface area contributed by atoms with Crippen LogP contribution in [0.2, 0.25) is 0 Å². The first-order valence-corrected chi connectivity index (χ1v) is 13.1. The molecule has 3 aromatic rings. The number of amides is 2. The van der Waals surface area contributed by atoms with E-state index in [-0.39, 0.29) is 23.1 Å². The van der Waals surface area contributed by atoms with Crippen LogP contribution in [0.25, 0.3) is 17.3 Å². The third kappa shape index (κ3) is 5.92. The zero-order chi connectivity index (χ0) is 24.2. The average molecular weight is 511 g/mol. The van der Waals surface area contributed by atoms with Crippen LogP contribution >= 0.6 is 23.1 Å². The fraction of sp³-hybridized carbons (Fsp3) is 0.292. The van der Waals surface area contributed by atoms with Crippen molar-refractivity contribution >= 4 is 46.3 Å². The van der Waals surface area contributed by atoms with Crippen LogP contribution < -0.4 is 16.0 Å². The molecule has 4 heterocycles.